The van der Waals surface area contributed by atoms with Crippen molar-refractivity contribution in [3.63, 3.8) is 0 Å². The van der Waals surface area contributed by atoms with Gasteiger partial charge in [-0.15, -0.1) is 0 Å². The van der Waals surface area contributed by atoms with Crippen LogP contribution in [-0.2, 0) is 14.3 Å². The Balaban J connectivity index is 1.97. The number of benzene rings is 2. The SMILES string of the molecule is CC(=O)Nc1cc(NC(C)=O)cc(C(=O)OCCOc2ccc(Br)cc2)c1. The number of hydrogen-bond acceptors (Lipinski definition) is 5. The van der Waals surface area contributed by atoms with E-state index >= 15 is 0 Å². The van der Waals surface area contributed by atoms with Crippen LogP contribution in [0, 0.1) is 0 Å². The third-order valence-corrected chi connectivity index (χ3v) is 3.74. The molecule has 0 aliphatic rings. The summed E-state index contributed by atoms with van der Waals surface area (Å²) in [4.78, 5) is 34.8. The highest BCUT2D eigenvalue weighted by Crippen LogP contribution is 2.20. The van der Waals surface area contributed by atoms with Gasteiger partial charge in [0, 0.05) is 29.7 Å². The summed E-state index contributed by atoms with van der Waals surface area (Å²) in [5, 5.41) is 5.16. The van der Waals surface area contributed by atoms with Crippen molar-refractivity contribution in [3.8, 4) is 5.75 Å². The summed E-state index contributed by atoms with van der Waals surface area (Å²) in [6.07, 6.45) is 0. The molecule has 0 fully saturated rings. The minimum atomic E-state index is -0.590. The van der Waals surface area contributed by atoms with Crippen LogP contribution in [0.1, 0.15) is 24.2 Å². The molecule has 2 amide bonds. The number of esters is 1. The van der Waals surface area contributed by atoms with E-state index in [1.165, 1.54) is 26.0 Å². The zero-order valence-electron chi connectivity index (χ0n) is 14.9. The molecule has 2 aromatic rings. The zero-order valence-corrected chi connectivity index (χ0v) is 16.5. The van der Waals surface area contributed by atoms with Gasteiger partial charge in [-0.3, -0.25) is 9.59 Å². The lowest BCUT2D eigenvalue weighted by atomic mass is 10.1. The monoisotopic (exact) mass is 434 g/mol. The maximum absolute atomic E-state index is 12.3. The third kappa shape index (κ3) is 7.10. The molecule has 0 spiro atoms. The summed E-state index contributed by atoms with van der Waals surface area (Å²) in [7, 11) is 0. The third-order valence-electron chi connectivity index (χ3n) is 3.21. The maximum Gasteiger partial charge on any atom is 0.338 e. The van der Waals surface area contributed by atoms with E-state index in [2.05, 4.69) is 26.6 Å². The smallest absolute Gasteiger partial charge is 0.338 e. The standard InChI is InChI=1S/C19H19BrN2O5/c1-12(23)21-16-9-14(10-17(11-16)22-13(2)24)19(25)27-8-7-26-18-5-3-15(20)4-6-18/h3-6,9-11H,7-8H2,1-2H3,(H,21,23)(H,22,24). The van der Waals surface area contributed by atoms with Crippen LogP contribution in [0.25, 0.3) is 0 Å². The average molecular weight is 435 g/mol. The first kappa shape index (κ1) is 20.4. The molecule has 2 N–H and O–H groups in total. The van der Waals surface area contributed by atoms with E-state index < -0.39 is 5.97 Å². The Hall–Kier alpha value is -2.87. The molecular weight excluding hydrogens is 416 g/mol. The Morgan fingerprint density at radius 1 is 0.889 bits per heavy atom. The van der Waals surface area contributed by atoms with Crippen LogP contribution in [0.4, 0.5) is 11.4 Å². The van der Waals surface area contributed by atoms with Gasteiger partial charge in [-0.1, -0.05) is 15.9 Å². The Bertz CT molecular complexity index is 802. The Labute approximate surface area is 165 Å². The zero-order chi connectivity index (χ0) is 19.8. The molecule has 7 nitrogen and oxygen atoms in total. The van der Waals surface area contributed by atoms with Crippen LogP contribution in [0.5, 0.6) is 5.75 Å². The van der Waals surface area contributed by atoms with E-state index in [1.54, 1.807) is 18.2 Å². The molecule has 0 saturated heterocycles. The summed E-state index contributed by atoms with van der Waals surface area (Å²) in [5.41, 5.74) is 0.965. The summed E-state index contributed by atoms with van der Waals surface area (Å²) >= 11 is 3.34. The van der Waals surface area contributed by atoms with Crippen LogP contribution < -0.4 is 15.4 Å². The highest BCUT2D eigenvalue weighted by molar-refractivity contribution is 9.10. The molecule has 27 heavy (non-hydrogen) atoms. The average Bonchev–Trinajstić information content (AvgIpc) is 2.58. The lowest BCUT2D eigenvalue weighted by molar-refractivity contribution is -0.115. The molecule has 142 valence electrons. The van der Waals surface area contributed by atoms with Gasteiger partial charge in [-0.05, 0) is 42.5 Å². The van der Waals surface area contributed by atoms with Crippen LogP contribution >= 0.6 is 15.9 Å². The maximum atomic E-state index is 12.3. The number of ether oxygens (including phenoxy) is 2. The summed E-state index contributed by atoms with van der Waals surface area (Å²) in [6.45, 7) is 2.94. The number of carbonyl (C=O) groups is 3. The quantitative estimate of drug-likeness (QED) is 0.512. The predicted molar refractivity (Wildman–Crippen MR) is 105 cm³/mol. The largest absolute Gasteiger partial charge is 0.490 e. The van der Waals surface area contributed by atoms with Gasteiger partial charge < -0.3 is 20.1 Å². The van der Waals surface area contributed by atoms with E-state index in [9.17, 15) is 14.4 Å². The topological polar surface area (TPSA) is 93.7 Å². The Kier molecular flexibility index (Phi) is 7.36. The van der Waals surface area contributed by atoms with Crippen molar-refractivity contribution >= 4 is 45.1 Å². The van der Waals surface area contributed by atoms with Gasteiger partial charge in [0.25, 0.3) is 0 Å². The van der Waals surface area contributed by atoms with Crippen molar-refractivity contribution < 1.29 is 23.9 Å². The number of amides is 2. The van der Waals surface area contributed by atoms with Crippen LogP contribution in [0.2, 0.25) is 0 Å². The van der Waals surface area contributed by atoms with Crippen molar-refractivity contribution in [3.05, 3.63) is 52.5 Å². The lowest BCUT2D eigenvalue weighted by Crippen LogP contribution is -2.14. The molecule has 2 rings (SSSR count). The van der Waals surface area contributed by atoms with E-state index in [4.69, 9.17) is 9.47 Å². The second kappa shape index (κ2) is 9.72. The molecule has 0 aliphatic carbocycles. The Morgan fingerprint density at radius 3 is 1.96 bits per heavy atom. The molecule has 0 aromatic heterocycles. The second-order valence-electron chi connectivity index (χ2n) is 5.60. The molecule has 0 bridgehead atoms. The lowest BCUT2D eigenvalue weighted by Gasteiger charge is -2.11. The van der Waals surface area contributed by atoms with Crippen molar-refractivity contribution in [2.24, 2.45) is 0 Å². The number of carbonyl (C=O) groups excluding carboxylic acids is 3. The number of nitrogens with one attached hydrogen (secondary N) is 2. The second-order valence-corrected chi connectivity index (χ2v) is 6.52. The Morgan fingerprint density at radius 2 is 1.44 bits per heavy atom. The molecule has 2 aromatic carbocycles. The van der Waals surface area contributed by atoms with Crippen LogP contribution in [0.15, 0.2) is 46.9 Å². The van der Waals surface area contributed by atoms with Gasteiger partial charge in [-0.25, -0.2) is 4.79 Å². The van der Waals surface area contributed by atoms with Gasteiger partial charge in [0.15, 0.2) is 0 Å². The normalized spacial score (nSPS) is 10.0. The van der Waals surface area contributed by atoms with Gasteiger partial charge in [0.1, 0.15) is 19.0 Å². The van der Waals surface area contributed by atoms with E-state index in [0.717, 1.165) is 4.47 Å². The van der Waals surface area contributed by atoms with E-state index in [0.29, 0.717) is 17.1 Å². The van der Waals surface area contributed by atoms with E-state index in [-0.39, 0.29) is 30.6 Å². The van der Waals surface area contributed by atoms with Crippen molar-refractivity contribution in [2.45, 2.75) is 13.8 Å². The first-order valence-electron chi connectivity index (χ1n) is 8.09. The highest BCUT2D eigenvalue weighted by Gasteiger charge is 2.12. The van der Waals surface area contributed by atoms with Gasteiger partial charge in [0.05, 0.1) is 5.56 Å². The molecule has 8 heteroatoms. The summed E-state index contributed by atoms with van der Waals surface area (Å²) in [5.74, 6) is -0.516. The first-order chi connectivity index (χ1) is 12.8. The molecule has 0 unspecified atom stereocenters. The van der Waals surface area contributed by atoms with Crippen molar-refractivity contribution in [1.82, 2.24) is 0 Å². The summed E-state index contributed by atoms with van der Waals surface area (Å²) < 4.78 is 11.6. The fourth-order valence-corrected chi connectivity index (χ4v) is 2.47. The highest BCUT2D eigenvalue weighted by atomic mass is 79.9. The number of hydrogen-bond donors (Lipinski definition) is 2. The molecule has 0 saturated carbocycles. The summed E-state index contributed by atoms with van der Waals surface area (Å²) in [6, 6.07) is 11.8. The van der Waals surface area contributed by atoms with Gasteiger partial charge in [-0.2, -0.15) is 0 Å². The predicted octanol–water partition coefficient (Wildman–Crippen LogP) is 3.60. The van der Waals surface area contributed by atoms with Gasteiger partial charge >= 0.3 is 5.97 Å². The van der Waals surface area contributed by atoms with Crippen molar-refractivity contribution in [2.75, 3.05) is 23.8 Å². The number of rotatable bonds is 7. The fourth-order valence-electron chi connectivity index (χ4n) is 2.20. The number of halogens is 1. The van der Waals surface area contributed by atoms with Crippen molar-refractivity contribution in [1.29, 1.82) is 0 Å². The molecule has 0 atom stereocenters. The van der Waals surface area contributed by atoms with Crippen LogP contribution in [0.3, 0.4) is 0 Å². The van der Waals surface area contributed by atoms with E-state index in [1.807, 2.05) is 12.1 Å². The molecule has 0 aliphatic heterocycles. The van der Waals surface area contributed by atoms with Crippen LogP contribution in [-0.4, -0.2) is 31.0 Å². The first-order valence-corrected chi connectivity index (χ1v) is 8.88. The number of anilines is 2. The molecule has 0 heterocycles. The molecule has 0 radical (unpaired) electrons. The van der Waals surface area contributed by atoms with Gasteiger partial charge in [0.2, 0.25) is 11.8 Å². The fraction of sp³-hybridized carbons (Fsp3) is 0.211. The molecular formula is C19H19BrN2O5. The minimum absolute atomic E-state index is 0.0503. The minimum Gasteiger partial charge on any atom is -0.490 e.